The summed E-state index contributed by atoms with van der Waals surface area (Å²) in [7, 11) is 2.04. The Hall–Kier alpha value is -0.870. The first-order valence-corrected chi connectivity index (χ1v) is 7.07. The Morgan fingerprint density at radius 1 is 1.44 bits per heavy atom. The highest BCUT2D eigenvalue weighted by Crippen LogP contribution is 2.23. The molecule has 1 aromatic rings. The molecule has 104 valence electrons. The van der Waals surface area contributed by atoms with Crippen molar-refractivity contribution < 1.29 is 0 Å². The van der Waals surface area contributed by atoms with Crippen molar-refractivity contribution >= 4 is 0 Å². The molecular weight excluding hydrogens is 224 g/mol. The number of nitrogens with zero attached hydrogens (tertiary/aromatic N) is 3. The summed E-state index contributed by atoms with van der Waals surface area (Å²) < 4.78 is 2.08. The average molecular weight is 252 g/mol. The quantitative estimate of drug-likeness (QED) is 0.772. The molecule has 1 heterocycles. The third-order valence-electron chi connectivity index (χ3n) is 3.75. The van der Waals surface area contributed by atoms with Crippen molar-refractivity contribution in [1.29, 1.82) is 0 Å². The van der Waals surface area contributed by atoms with Crippen LogP contribution in [-0.2, 0) is 7.05 Å². The van der Waals surface area contributed by atoms with Gasteiger partial charge < -0.3 is 10.3 Å². The fourth-order valence-electron chi connectivity index (χ4n) is 2.37. The van der Waals surface area contributed by atoms with Gasteiger partial charge in [-0.2, -0.15) is 0 Å². The molecule has 0 aliphatic carbocycles. The van der Waals surface area contributed by atoms with E-state index in [1.807, 2.05) is 19.6 Å². The third-order valence-corrected chi connectivity index (χ3v) is 3.75. The van der Waals surface area contributed by atoms with Gasteiger partial charge in [-0.1, -0.05) is 20.3 Å². The molecule has 2 atom stereocenters. The van der Waals surface area contributed by atoms with Crippen LogP contribution < -0.4 is 5.73 Å². The molecule has 1 aromatic heterocycles. The summed E-state index contributed by atoms with van der Waals surface area (Å²) in [4.78, 5) is 6.75. The van der Waals surface area contributed by atoms with Crippen molar-refractivity contribution in [2.75, 3.05) is 13.1 Å². The number of imidazole rings is 1. The van der Waals surface area contributed by atoms with Crippen LogP contribution >= 0.6 is 0 Å². The fraction of sp³-hybridized carbons (Fsp3) is 0.786. The van der Waals surface area contributed by atoms with Crippen LogP contribution in [0.15, 0.2) is 12.5 Å². The Balaban J connectivity index is 2.89. The first-order valence-electron chi connectivity index (χ1n) is 7.07. The van der Waals surface area contributed by atoms with Crippen molar-refractivity contribution in [3.63, 3.8) is 0 Å². The lowest BCUT2D eigenvalue weighted by molar-refractivity contribution is 0.136. The van der Waals surface area contributed by atoms with E-state index in [4.69, 9.17) is 5.73 Å². The zero-order valence-corrected chi connectivity index (χ0v) is 12.3. The smallest absolute Gasteiger partial charge is 0.0946 e. The number of rotatable bonds is 8. The van der Waals surface area contributed by atoms with E-state index >= 15 is 0 Å². The zero-order valence-electron chi connectivity index (χ0n) is 12.3. The van der Waals surface area contributed by atoms with Gasteiger partial charge in [0.2, 0.25) is 0 Å². The van der Waals surface area contributed by atoms with Gasteiger partial charge in [0.05, 0.1) is 18.1 Å². The second-order valence-electron chi connectivity index (χ2n) is 5.03. The zero-order chi connectivity index (χ0) is 13.5. The van der Waals surface area contributed by atoms with E-state index in [-0.39, 0.29) is 6.04 Å². The molecule has 0 amide bonds. The molecule has 0 aromatic carbocycles. The highest BCUT2D eigenvalue weighted by molar-refractivity contribution is 5.06. The normalized spacial score (nSPS) is 15.0. The molecule has 0 fully saturated rings. The molecule has 0 aliphatic heterocycles. The maximum atomic E-state index is 6.02. The molecule has 0 saturated carbocycles. The van der Waals surface area contributed by atoms with E-state index < -0.39 is 0 Å². The Morgan fingerprint density at radius 3 is 2.61 bits per heavy atom. The standard InChI is InChI=1S/C14H28N4/c1-5-7-8-18(12(3)6-2)13(9-15)14-10-16-11-17(14)4/h10-13H,5-9,15H2,1-4H3. The summed E-state index contributed by atoms with van der Waals surface area (Å²) in [6.45, 7) is 8.51. The van der Waals surface area contributed by atoms with E-state index in [0.29, 0.717) is 12.6 Å². The van der Waals surface area contributed by atoms with Crippen LogP contribution in [0.5, 0.6) is 0 Å². The lowest BCUT2D eigenvalue weighted by atomic mass is 10.1. The highest BCUT2D eigenvalue weighted by atomic mass is 15.2. The highest BCUT2D eigenvalue weighted by Gasteiger charge is 2.24. The largest absolute Gasteiger partial charge is 0.336 e. The van der Waals surface area contributed by atoms with Crippen LogP contribution in [0.2, 0.25) is 0 Å². The van der Waals surface area contributed by atoms with Gasteiger partial charge in [0.25, 0.3) is 0 Å². The molecule has 2 unspecified atom stereocenters. The van der Waals surface area contributed by atoms with Crippen LogP contribution in [0.4, 0.5) is 0 Å². The molecule has 0 spiro atoms. The summed E-state index contributed by atoms with van der Waals surface area (Å²) in [5, 5.41) is 0. The van der Waals surface area contributed by atoms with Crippen LogP contribution in [0, 0.1) is 0 Å². The number of aromatic nitrogens is 2. The van der Waals surface area contributed by atoms with E-state index in [2.05, 4.69) is 35.2 Å². The Bertz CT molecular complexity index is 334. The number of hydrogen-bond acceptors (Lipinski definition) is 3. The van der Waals surface area contributed by atoms with Gasteiger partial charge in [-0.3, -0.25) is 4.90 Å². The number of aryl methyl sites for hydroxylation is 1. The van der Waals surface area contributed by atoms with Crippen molar-refractivity contribution in [3.05, 3.63) is 18.2 Å². The van der Waals surface area contributed by atoms with Crippen LogP contribution in [-0.4, -0.2) is 33.6 Å². The van der Waals surface area contributed by atoms with E-state index in [0.717, 1.165) is 13.0 Å². The molecule has 0 bridgehead atoms. The van der Waals surface area contributed by atoms with E-state index in [1.165, 1.54) is 18.5 Å². The summed E-state index contributed by atoms with van der Waals surface area (Å²) in [6, 6.07) is 0.832. The van der Waals surface area contributed by atoms with Gasteiger partial charge in [0, 0.05) is 25.8 Å². The predicted molar refractivity (Wildman–Crippen MR) is 76.4 cm³/mol. The number of hydrogen-bond donors (Lipinski definition) is 1. The number of unbranched alkanes of at least 4 members (excludes halogenated alkanes) is 1. The summed E-state index contributed by atoms with van der Waals surface area (Å²) in [5.74, 6) is 0. The second kappa shape index (κ2) is 7.54. The summed E-state index contributed by atoms with van der Waals surface area (Å²) in [6.07, 6.45) is 7.39. The van der Waals surface area contributed by atoms with Crippen molar-refractivity contribution in [3.8, 4) is 0 Å². The van der Waals surface area contributed by atoms with Gasteiger partial charge in [-0.05, 0) is 26.3 Å². The SMILES string of the molecule is CCCCN(C(C)CC)C(CN)c1cncn1C. The Kier molecular flexibility index (Phi) is 6.36. The molecule has 18 heavy (non-hydrogen) atoms. The maximum absolute atomic E-state index is 6.02. The summed E-state index contributed by atoms with van der Waals surface area (Å²) >= 11 is 0. The molecular formula is C14H28N4. The molecule has 1 rings (SSSR count). The molecule has 2 N–H and O–H groups in total. The lowest BCUT2D eigenvalue weighted by Crippen LogP contribution is -2.41. The van der Waals surface area contributed by atoms with Gasteiger partial charge in [0.15, 0.2) is 0 Å². The molecule has 4 nitrogen and oxygen atoms in total. The van der Waals surface area contributed by atoms with E-state index in [1.54, 1.807) is 0 Å². The summed E-state index contributed by atoms with van der Waals surface area (Å²) in [5.41, 5.74) is 7.23. The maximum Gasteiger partial charge on any atom is 0.0946 e. The minimum atomic E-state index is 0.277. The van der Waals surface area contributed by atoms with Crippen molar-refractivity contribution in [2.45, 2.75) is 52.1 Å². The molecule has 0 saturated heterocycles. The van der Waals surface area contributed by atoms with Crippen molar-refractivity contribution in [1.82, 2.24) is 14.5 Å². The van der Waals surface area contributed by atoms with Gasteiger partial charge in [-0.25, -0.2) is 4.98 Å². The first kappa shape index (κ1) is 15.2. The molecule has 0 radical (unpaired) electrons. The van der Waals surface area contributed by atoms with Gasteiger partial charge in [-0.15, -0.1) is 0 Å². The van der Waals surface area contributed by atoms with Crippen LogP contribution in [0.3, 0.4) is 0 Å². The van der Waals surface area contributed by atoms with Gasteiger partial charge >= 0.3 is 0 Å². The topological polar surface area (TPSA) is 47.1 Å². The molecule has 0 aliphatic rings. The van der Waals surface area contributed by atoms with Crippen molar-refractivity contribution in [2.24, 2.45) is 12.8 Å². The fourth-order valence-corrected chi connectivity index (χ4v) is 2.37. The van der Waals surface area contributed by atoms with Gasteiger partial charge in [0.1, 0.15) is 0 Å². The second-order valence-corrected chi connectivity index (χ2v) is 5.03. The third kappa shape index (κ3) is 3.56. The number of nitrogens with two attached hydrogens (primary N) is 1. The predicted octanol–water partition coefficient (Wildman–Crippen LogP) is 2.32. The molecule has 4 heteroatoms. The lowest BCUT2D eigenvalue weighted by Gasteiger charge is -2.35. The van der Waals surface area contributed by atoms with Crippen LogP contribution in [0.25, 0.3) is 0 Å². The minimum Gasteiger partial charge on any atom is -0.336 e. The van der Waals surface area contributed by atoms with Crippen LogP contribution in [0.1, 0.15) is 51.8 Å². The Morgan fingerprint density at radius 2 is 2.17 bits per heavy atom. The first-order chi connectivity index (χ1) is 8.65. The van der Waals surface area contributed by atoms with E-state index in [9.17, 15) is 0 Å². The minimum absolute atomic E-state index is 0.277. The average Bonchev–Trinajstić information content (AvgIpc) is 2.80. The Labute approximate surface area is 111 Å². The monoisotopic (exact) mass is 252 g/mol.